The number of ether oxygens (including phenoxy) is 3. The van der Waals surface area contributed by atoms with Crippen LogP contribution in [0.3, 0.4) is 0 Å². The van der Waals surface area contributed by atoms with Crippen LogP contribution in [0.4, 0.5) is 5.82 Å². The van der Waals surface area contributed by atoms with Crippen LogP contribution in [0.5, 0.6) is 17.2 Å². The van der Waals surface area contributed by atoms with Gasteiger partial charge in [-0.3, -0.25) is 9.69 Å². The molecule has 38 heavy (non-hydrogen) atoms. The predicted molar refractivity (Wildman–Crippen MR) is 144 cm³/mol. The summed E-state index contributed by atoms with van der Waals surface area (Å²) in [5, 5.41) is 14.2. The van der Waals surface area contributed by atoms with Crippen molar-refractivity contribution < 1.29 is 23.6 Å². The number of carbonyl (C=O) groups excluding carboxylic acids is 1. The van der Waals surface area contributed by atoms with Crippen molar-refractivity contribution in [2.24, 2.45) is 5.10 Å². The number of benzene rings is 2. The molecule has 12 heteroatoms. The highest BCUT2D eigenvalue weighted by Gasteiger charge is 2.27. The number of rotatable bonds is 11. The first-order valence-electron chi connectivity index (χ1n) is 12.1. The van der Waals surface area contributed by atoms with Gasteiger partial charge in [0.15, 0.2) is 11.5 Å². The highest BCUT2D eigenvalue weighted by molar-refractivity contribution is 6.18. The maximum atomic E-state index is 12.4. The smallest absolute Gasteiger partial charge is 0.297 e. The first-order chi connectivity index (χ1) is 18.5. The summed E-state index contributed by atoms with van der Waals surface area (Å²) in [4.78, 5) is 14.8. The van der Waals surface area contributed by atoms with E-state index < -0.39 is 5.91 Å². The first kappa shape index (κ1) is 27.2. The Morgan fingerprint density at radius 1 is 1.16 bits per heavy atom. The average molecular weight is 543 g/mol. The fourth-order valence-electron chi connectivity index (χ4n) is 4.47. The molecule has 0 saturated carbocycles. The maximum absolute atomic E-state index is 12.4. The SMILES string of the molecule is COc1ccc(C=NNC(=O)c2nonc2NCCCl)cc1CN1CCc2cc(OC)c(OC)cc2C1C. The van der Waals surface area contributed by atoms with Gasteiger partial charge < -0.3 is 19.5 Å². The number of anilines is 1. The molecule has 0 fully saturated rings. The molecule has 3 aromatic rings. The molecule has 1 unspecified atom stereocenters. The minimum atomic E-state index is -0.554. The molecule has 1 aromatic heterocycles. The van der Waals surface area contributed by atoms with Gasteiger partial charge in [0.05, 0.1) is 27.5 Å². The number of halogens is 1. The van der Waals surface area contributed by atoms with E-state index in [1.165, 1.54) is 11.1 Å². The van der Waals surface area contributed by atoms with Gasteiger partial charge in [0, 0.05) is 37.1 Å². The minimum Gasteiger partial charge on any atom is -0.496 e. The Kier molecular flexibility index (Phi) is 9.03. The average Bonchev–Trinajstić information content (AvgIpc) is 3.41. The first-order valence-corrected chi connectivity index (χ1v) is 12.6. The van der Waals surface area contributed by atoms with Crippen molar-refractivity contribution in [1.29, 1.82) is 0 Å². The van der Waals surface area contributed by atoms with E-state index in [1.807, 2.05) is 18.2 Å². The largest absolute Gasteiger partial charge is 0.496 e. The van der Waals surface area contributed by atoms with Crippen LogP contribution in [0.1, 0.15) is 45.7 Å². The van der Waals surface area contributed by atoms with Crippen LogP contribution in [-0.4, -0.2) is 67.6 Å². The topological polar surface area (TPSA) is 123 Å². The monoisotopic (exact) mass is 542 g/mol. The van der Waals surface area contributed by atoms with Gasteiger partial charge in [0.1, 0.15) is 5.75 Å². The molecule has 0 aliphatic carbocycles. The molecule has 1 aliphatic rings. The van der Waals surface area contributed by atoms with Gasteiger partial charge in [-0.2, -0.15) is 5.10 Å². The molecule has 0 spiro atoms. The zero-order chi connectivity index (χ0) is 27.1. The molecule has 4 rings (SSSR count). The highest BCUT2D eigenvalue weighted by Crippen LogP contribution is 2.39. The number of aromatic nitrogens is 2. The van der Waals surface area contributed by atoms with Gasteiger partial charge in [-0.25, -0.2) is 10.1 Å². The van der Waals surface area contributed by atoms with E-state index in [0.717, 1.165) is 41.3 Å². The summed E-state index contributed by atoms with van der Waals surface area (Å²) in [6.45, 7) is 4.16. The summed E-state index contributed by atoms with van der Waals surface area (Å²) in [7, 11) is 4.95. The highest BCUT2D eigenvalue weighted by atomic mass is 35.5. The van der Waals surface area contributed by atoms with E-state index in [1.54, 1.807) is 27.5 Å². The Morgan fingerprint density at radius 2 is 1.92 bits per heavy atom. The number of hydrogen-bond donors (Lipinski definition) is 2. The van der Waals surface area contributed by atoms with E-state index in [2.05, 4.69) is 54.7 Å². The molecule has 1 aliphatic heterocycles. The summed E-state index contributed by atoms with van der Waals surface area (Å²) in [6, 6.07) is 10.1. The van der Waals surface area contributed by atoms with E-state index in [4.69, 9.17) is 25.8 Å². The lowest BCUT2D eigenvalue weighted by Crippen LogP contribution is -2.33. The van der Waals surface area contributed by atoms with Gasteiger partial charge in [-0.15, -0.1) is 11.6 Å². The second kappa shape index (κ2) is 12.6. The third-order valence-electron chi connectivity index (χ3n) is 6.46. The number of carbonyl (C=O) groups is 1. The summed E-state index contributed by atoms with van der Waals surface area (Å²) in [5.74, 6) is 2.24. The van der Waals surface area contributed by atoms with Crippen LogP contribution in [0.25, 0.3) is 0 Å². The van der Waals surface area contributed by atoms with Crippen LogP contribution >= 0.6 is 11.6 Å². The number of amides is 1. The van der Waals surface area contributed by atoms with E-state index in [0.29, 0.717) is 19.0 Å². The molecule has 2 heterocycles. The van der Waals surface area contributed by atoms with Crippen molar-refractivity contribution in [2.45, 2.75) is 25.9 Å². The number of hydrogen-bond acceptors (Lipinski definition) is 10. The quantitative estimate of drug-likeness (QED) is 0.212. The number of fused-ring (bicyclic) bond motifs is 1. The van der Waals surface area contributed by atoms with E-state index in [9.17, 15) is 4.79 Å². The Morgan fingerprint density at radius 3 is 2.66 bits per heavy atom. The molecular formula is C26H31ClN6O5. The zero-order valence-electron chi connectivity index (χ0n) is 21.8. The summed E-state index contributed by atoms with van der Waals surface area (Å²) >= 11 is 5.66. The molecule has 0 bridgehead atoms. The van der Waals surface area contributed by atoms with Crippen molar-refractivity contribution in [3.63, 3.8) is 0 Å². The van der Waals surface area contributed by atoms with Gasteiger partial charge in [0.2, 0.25) is 11.5 Å². The van der Waals surface area contributed by atoms with E-state index >= 15 is 0 Å². The number of nitrogens with zero attached hydrogens (tertiary/aromatic N) is 4. The normalized spacial score (nSPS) is 15.2. The molecule has 0 radical (unpaired) electrons. The predicted octanol–water partition coefficient (Wildman–Crippen LogP) is 3.63. The molecule has 1 amide bonds. The van der Waals surface area contributed by atoms with Crippen molar-refractivity contribution in [1.82, 2.24) is 20.6 Å². The van der Waals surface area contributed by atoms with Crippen LogP contribution in [0.15, 0.2) is 40.1 Å². The van der Waals surface area contributed by atoms with Crippen LogP contribution in [0, 0.1) is 0 Å². The lowest BCUT2D eigenvalue weighted by Gasteiger charge is -2.36. The fourth-order valence-corrected chi connectivity index (χ4v) is 4.57. The zero-order valence-corrected chi connectivity index (χ0v) is 22.5. The van der Waals surface area contributed by atoms with Gasteiger partial charge in [-0.1, -0.05) is 0 Å². The van der Waals surface area contributed by atoms with Gasteiger partial charge in [-0.05, 0) is 70.7 Å². The molecule has 0 saturated heterocycles. The Balaban J connectivity index is 1.47. The minimum absolute atomic E-state index is 0.00342. The summed E-state index contributed by atoms with van der Waals surface area (Å²) < 4.78 is 21.3. The lowest BCUT2D eigenvalue weighted by atomic mass is 9.92. The van der Waals surface area contributed by atoms with Crippen molar-refractivity contribution in [2.75, 3.05) is 45.6 Å². The Labute approximate surface area is 226 Å². The van der Waals surface area contributed by atoms with Crippen molar-refractivity contribution >= 4 is 29.5 Å². The molecule has 11 nitrogen and oxygen atoms in total. The number of hydrazone groups is 1. The number of alkyl halides is 1. The van der Waals surface area contributed by atoms with Crippen LogP contribution in [0.2, 0.25) is 0 Å². The third kappa shape index (κ3) is 6.00. The number of methoxy groups -OCH3 is 3. The van der Waals surface area contributed by atoms with Gasteiger partial charge >= 0.3 is 0 Å². The molecule has 1 atom stereocenters. The standard InChI is InChI=1S/C26H31ClN6O5/c1-16-20-13-23(37-4)22(36-3)12-18(20)7-10-33(16)15-19-11-17(5-6-21(19)35-2)14-29-30-26(34)24-25(28-9-8-27)32-38-31-24/h5-6,11-14,16H,7-10,15H2,1-4H3,(H,28,32)(H,30,34). The van der Waals surface area contributed by atoms with Crippen molar-refractivity contribution in [3.05, 3.63) is 58.3 Å². The number of nitrogens with one attached hydrogen (secondary N) is 2. The second-order valence-electron chi connectivity index (χ2n) is 8.65. The summed E-state index contributed by atoms with van der Waals surface area (Å²) in [5.41, 5.74) is 6.73. The Hall–Kier alpha value is -3.83. The van der Waals surface area contributed by atoms with Crippen LogP contribution < -0.4 is 25.0 Å². The van der Waals surface area contributed by atoms with Crippen LogP contribution in [-0.2, 0) is 13.0 Å². The third-order valence-corrected chi connectivity index (χ3v) is 6.65. The lowest BCUT2D eigenvalue weighted by molar-refractivity contribution is 0.0946. The van der Waals surface area contributed by atoms with E-state index in [-0.39, 0.29) is 17.6 Å². The molecular weight excluding hydrogens is 512 g/mol. The Bertz CT molecular complexity index is 1300. The van der Waals surface area contributed by atoms with Crippen molar-refractivity contribution in [3.8, 4) is 17.2 Å². The summed E-state index contributed by atoms with van der Waals surface area (Å²) in [6.07, 6.45) is 2.46. The fraction of sp³-hybridized carbons (Fsp3) is 0.385. The molecule has 202 valence electrons. The molecule has 2 N–H and O–H groups in total. The second-order valence-corrected chi connectivity index (χ2v) is 9.03. The maximum Gasteiger partial charge on any atom is 0.297 e. The molecule has 2 aromatic carbocycles. The van der Waals surface area contributed by atoms with Gasteiger partial charge in [0.25, 0.3) is 5.91 Å².